The average Bonchev–Trinajstić information content (AvgIpc) is 2.60. The molecule has 0 saturated carbocycles. The van der Waals surface area contributed by atoms with Crippen LogP contribution in [-0.4, -0.2) is 26.7 Å². The van der Waals surface area contributed by atoms with E-state index in [4.69, 9.17) is 9.47 Å². The summed E-state index contributed by atoms with van der Waals surface area (Å²) in [6.07, 6.45) is 0. The third kappa shape index (κ3) is 4.65. The lowest BCUT2D eigenvalue weighted by atomic mass is 10.1. The first kappa shape index (κ1) is 17.7. The molecule has 128 valence electrons. The lowest BCUT2D eigenvalue weighted by Gasteiger charge is -2.12. The Kier molecular flexibility index (Phi) is 6.07. The molecule has 0 atom stereocenters. The SMILES string of the molecule is COc1ccc(CNC(=O)CNc2cc(C)ccc2C)cc1OC. The summed E-state index contributed by atoms with van der Waals surface area (Å²) < 4.78 is 10.5. The number of carbonyl (C=O) groups excluding carboxylic acids is 1. The summed E-state index contributed by atoms with van der Waals surface area (Å²) in [5.74, 6) is 1.26. The number of carbonyl (C=O) groups is 1. The highest BCUT2D eigenvalue weighted by Gasteiger charge is 2.07. The maximum absolute atomic E-state index is 12.0. The second-order valence-corrected chi connectivity index (χ2v) is 5.64. The van der Waals surface area contributed by atoms with Crippen LogP contribution < -0.4 is 20.1 Å². The molecule has 0 aliphatic rings. The van der Waals surface area contributed by atoms with Gasteiger partial charge in [-0.15, -0.1) is 0 Å². The third-order valence-electron chi connectivity index (χ3n) is 3.77. The van der Waals surface area contributed by atoms with Crippen LogP contribution in [0.5, 0.6) is 11.5 Å². The predicted octanol–water partition coefficient (Wildman–Crippen LogP) is 3.05. The largest absolute Gasteiger partial charge is 0.493 e. The molecule has 24 heavy (non-hydrogen) atoms. The van der Waals surface area contributed by atoms with Crippen LogP contribution in [0.3, 0.4) is 0 Å². The minimum absolute atomic E-state index is 0.0642. The van der Waals surface area contributed by atoms with E-state index in [-0.39, 0.29) is 12.5 Å². The number of methoxy groups -OCH3 is 2. The molecule has 0 spiro atoms. The number of nitrogens with one attached hydrogen (secondary N) is 2. The molecule has 5 nitrogen and oxygen atoms in total. The zero-order valence-corrected chi connectivity index (χ0v) is 14.6. The van der Waals surface area contributed by atoms with Gasteiger partial charge in [0.2, 0.25) is 5.91 Å². The molecular weight excluding hydrogens is 304 g/mol. The minimum atomic E-state index is -0.0642. The Hall–Kier alpha value is -2.69. The average molecular weight is 328 g/mol. The van der Waals surface area contributed by atoms with E-state index in [0.29, 0.717) is 18.0 Å². The topological polar surface area (TPSA) is 59.6 Å². The van der Waals surface area contributed by atoms with Crippen molar-refractivity contribution < 1.29 is 14.3 Å². The fourth-order valence-electron chi connectivity index (χ4n) is 2.36. The van der Waals surface area contributed by atoms with Crippen LogP contribution in [0.4, 0.5) is 5.69 Å². The number of anilines is 1. The zero-order chi connectivity index (χ0) is 17.5. The molecule has 0 saturated heterocycles. The molecular formula is C19H24N2O3. The van der Waals surface area contributed by atoms with Gasteiger partial charge >= 0.3 is 0 Å². The summed E-state index contributed by atoms with van der Waals surface area (Å²) in [4.78, 5) is 12.0. The van der Waals surface area contributed by atoms with E-state index in [9.17, 15) is 4.79 Å². The molecule has 0 fully saturated rings. The highest BCUT2D eigenvalue weighted by Crippen LogP contribution is 2.27. The van der Waals surface area contributed by atoms with Crippen LogP contribution in [0.15, 0.2) is 36.4 Å². The van der Waals surface area contributed by atoms with Gasteiger partial charge in [-0.1, -0.05) is 18.2 Å². The fourth-order valence-corrected chi connectivity index (χ4v) is 2.36. The van der Waals surface area contributed by atoms with Crippen molar-refractivity contribution >= 4 is 11.6 Å². The molecule has 0 bridgehead atoms. The Morgan fingerprint density at radius 2 is 1.75 bits per heavy atom. The summed E-state index contributed by atoms with van der Waals surface area (Å²) in [6.45, 7) is 4.72. The number of ether oxygens (including phenoxy) is 2. The predicted molar refractivity (Wildman–Crippen MR) is 95.8 cm³/mol. The first-order valence-electron chi connectivity index (χ1n) is 7.82. The number of aryl methyl sites for hydroxylation is 2. The lowest BCUT2D eigenvalue weighted by molar-refractivity contribution is -0.119. The number of rotatable bonds is 7. The monoisotopic (exact) mass is 328 g/mol. The second-order valence-electron chi connectivity index (χ2n) is 5.64. The van der Waals surface area contributed by atoms with Gasteiger partial charge in [-0.25, -0.2) is 0 Å². The first-order valence-corrected chi connectivity index (χ1v) is 7.82. The molecule has 0 aliphatic heterocycles. The summed E-state index contributed by atoms with van der Waals surface area (Å²) in [6, 6.07) is 11.7. The third-order valence-corrected chi connectivity index (χ3v) is 3.77. The Morgan fingerprint density at radius 1 is 1.00 bits per heavy atom. The molecule has 0 aliphatic carbocycles. The minimum Gasteiger partial charge on any atom is -0.493 e. The zero-order valence-electron chi connectivity index (χ0n) is 14.6. The Bertz CT molecular complexity index is 714. The Balaban J connectivity index is 1.88. The maximum Gasteiger partial charge on any atom is 0.239 e. The molecule has 0 radical (unpaired) electrons. The number of hydrogen-bond donors (Lipinski definition) is 2. The van der Waals surface area contributed by atoms with Crippen LogP contribution in [0.1, 0.15) is 16.7 Å². The van der Waals surface area contributed by atoms with Crippen molar-refractivity contribution in [1.29, 1.82) is 0 Å². The van der Waals surface area contributed by atoms with Gasteiger partial charge in [-0.05, 0) is 48.7 Å². The van der Waals surface area contributed by atoms with Crippen molar-refractivity contribution in [3.05, 3.63) is 53.1 Å². The van der Waals surface area contributed by atoms with Gasteiger partial charge in [-0.2, -0.15) is 0 Å². The van der Waals surface area contributed by atoms with Crippen LogP contribution in [0, 0.1) is 13.8 Å². The van der Waals surface area contributed by atoms with Gasteiger partial charge in [0.1, 0.15) is 0 Å². The van der Waals surface area contributed by atoms with E-state index in [1.165, 1.54) is 0 Å². The van der Waals surface area contributed by atoms with E-state index in [0.717, 1.165) is 22.4 Å². The van der Waals surface area contributed by atoms with Crippen LogP contribution >= 0.6 is 0 Å². The van der Waals surface area contributed by atoms with E-state index < -0.39 is 0 Å². The van der Waals surface area contributed by atoms with Gasteiger partial charge in [0.15, 0.2) is 11.5 Å². The molecule has 1 amide bonds. The summed E-state index contributed by atoms with van der Waals surface area (Å²) >= 11 is 0. The number of amides is 1. The number of benzene rings is 2. The normalized spacial score (nSPS) is 10.2. The van der Waals surface area contributed by atoms with Crippen molar-refractivity contribution in [2.24, 2.45) is 0 Å². The van der Waals surface area contributed by atoms with Crippen LogP contribution in [0.2, 0.25) is 0 Å². The highest BCUT2D eigenvalue weighted by atomic mass is 16.5. The van der Waals surface area contributed by atoms with Crippen LogP contribution in [-0.2, 0) is 11.3 Å². The Labute approximate surface area is 143 Å². The van der Waals surface area contributed by atoms with Crippen LogP contribution in [0.25, 0.3) is 0 Å². The lowest BCUT2D eigenvalue weighted by Crippen LogP contribution is -2.29. The van der Waals surface area contributed by atoms with Gasteiger partial charge in [0, 0.05) is 12.2 Å². The molecule has 2 aromatic carbocycles. The Morgan fingerprint density at radius 3 is 2.46 bits per heavy atom. The van der Waals surface area contributed by atoms with Gasteiger partial charge in [-0.3, -0.25) is 4.79 Å². The van der Waals surface area contributed by atoms with Crippen molar-refractivity contribution in [3.8, 4) is 11.5 Å². The smallest absolute Gasteiger partial charge is 0.239 e. The molecule has 0 heterocycles. The van der Waals surface area contributed by atoms with E-state index in [1.807, 2.05) is 44.2 Å². The van der Waals surface area contributed by atoms with E-state index in [2.05, 4.69) is 16.7 Å². The van der Waals surface area contributed by atoms with E-state index in [1.54, 1.807) is 14.2 Å². The van der Waals surface area contributed by atoms with Gasteiger partial charge in [0.25, 0.3) is 0 Å². The van der Waals surface area contributed by atoms with Crippen molar-refractivity contribution in [2.75, 3.05) is 26.1 Å². The van der Waals surface area contributed by atoms with Gasteiger partial charge < -0.3 is 20.1 Å². The molecule has 0 aromatic heterocycles. The molecule has 2 aromatic rings. The number of hydrogen-bond acceptors (Lipinski definition) is 4. The van der Waals surface area contributed by atoms with Crippen molar-refractivity contribution in [2.45, 2.75) is 20.4 Å². The molecule has 2 rings (SSSR count). The van der Waals surface area contributed by atoms with Gasteiger partial charge in [0.05, 0.1) is 20.8 Å². The van der Waals surface area contributed by atoms with Crippen molar-refractivity contribution in [1.82, 2.24) is 5.32 Å². The molecule has 2 N–H and O–H groups in total. The molecule has 0 unspecified atom stereocenters. The van der Waals surface area contributed by atoms with E-state index >= 15 is 0 Å². The quantitative estimate of drug-likeness (QED) is 0.820. The highest BCUT2D eigenvalue weighted by molar-refractivity contribution is 5.81. The standard InChI is InChI=1S/C19H24N2O3/c1-13-5-6-14(2)16(9-13)20-12-19(22)21-11-15-7-8-17(23-3)18(10-15)24-4/h5-10,20H,11-12H2,1-4H3,(H,21,22). The molecule has 5 heteroatoms. The second kappa shape index (κ2) is 8.24. The fraction of sp³-hybridized carbons (Fsp3) is 0.316. The first-order chi connectivity index (χ1) is 11.5. The summed E-state index contributed by atoms with van der Waals surface area (Å²) in [5.41, 5.74) is 4.21. The van der Waals surface area contributed by atoms with Crippen molar-refractivity contribution in [3.63, 3.8) is 0 Å². The maximum atomic E-state index is 12.0. The summed E-state index contributed by atoms with van der Waals surface area (Å²) in [5, 5.41) is 6.07. The summed E-state index contributed by atoms with van der Waals surface area (Å²) in [7, 11) is 3.19.